The van der Waals surface area contributed by atoms with Crippen molar-refractivity contribution in [2.45, 2.75) is 18.7 Å². The molecule has 136 valence electrons. The van der Waals surface area contributed by atoms with Gasteiger partial charge in [0.25, 0.3) is 5.91 Å². The number of fused-ring (bicyclic) bond motifs is 1. The molecule has 1 aromatic heterocycles. The van der Waals surface area contributed by atoms with E-state index in [4.69, 9.17) is 0 Å². The van der Waals surface area contributed by atoms with Crippen molar-refractivity contribution >= 4 is 32.5 Å². The van der Waals surface area contributed by atoms with Gasteiger partial charge in [-0.25, -0.2) is 8.42 Å². The third-order valence-corrected chi connectivity index (χ3v) is 6.20. The van der Waals surface area contributed by atoms with Gasteiger partial charge in [0, 0.05) is 24.2 Å². The van der Waals surface area contributed by atoms with Crippen molar-refractivity contribution in [3.63, 3.8) is 0 Å². The van der Waals surface area contributed by atoms with Crippen molar-refractivity contribution in [1.29, 1.82) is 0 Å². The number of sulfonamides is 1. The number of H-pyrrole nitrogens is 1. The number of aromatic nitrogens is 2. The zero-order chi connectivity index (χ0) is 18.7. The number of carbonyl (C=O) groups is 1. The molecule has 7 nitrogen and oxygen atoms in total. The Kier molecular flexibility index (Phi) is 5.06. The van der Waals surface area contributed by atoms with Crippen LogP contribution in [-0.4, -0.2) is 41.9 Å². The van der Waals surface area contributed by atoms with Gasteiger partial charge in [-0.3, -0.25) is 9.89 Å². The molecule has 0 fully saturated rings. The monoisotopic (exact) mass is 372 g/mol. The van der Waals surface area contributed by atoms with Crippen molar-refractivity contribution in [2.75, 3.05) is 18.4 Å². The molecule has 1 heterocycles. The molecular weight excluding hydrogens is 352 g/mol. The Bertz CT molecular complexity index is 1020. The minimum absolute atomic E-state index is 0.199. The summed E-state index contributed by atoms with van der Waals surface area (Å²) >= 11 is 0. The Hall–Kier alpha value is -2.71. The molecular formula is C18H20N4O3S. The summed E-state index contributed by atoms with van der Waals surface area (Å²) < 4.78 is 26.4. The van der Waals surface area contributed by atoms with Gasteiger partial charge in [0.1, 0.15) is 0 Å². The van der Waals surface area contributed by atoms with Crippen LogP contribution in [-0.2, 0) is 10.0 Å². The summed E-state index contributed by atoms with van der Waals surface area (Å²) in [5, 5.41) is 10.3. The van der Waals surface area contributed by atoms with Crippen LogP contribution in [0.1, 0.15) is 24.3 Å². The van der Waals surface area contributed by atoms with Gasteiger partial charge in [-0.05, 0) is 30.3 Å². The van der Waals surface area contributed by atoms with E-state index in [9.17, 15) is 13.2 Å². The number of anilines is 1. The van der Waals surface area contributed by atoms with Gasteiger partial charge in [-0.15, -0.1) is 0 Å². The van der Waals surface area contributed by atoms with Crippen LogP contribution < -0.4 is 5.32 Å². The molecule has 0 bridgehead atoms. The normalized spacial score (nSPS) is 11.8. The smallest absolute Gasteiger partial charge is 0.276 e. The first-order chi connectivity index (χ1) is 12.5. The first-order valence-corrected chi connectivity index (χ1v) is 9.76. The Morgan fingerprint density at radius 2 is 1.73 bits per heavy atom. The fraction of sp³-hybridized carbons (Fsp3) is 0.222. The van der Waals surface area contributed by atoms with Crippen LogP contribution in [0, 0.1) is 0 Å². The van der Waals surface area contributed by atoms with Crippen molar-refractivity contribution in [3.8, 4) is 0 Å². The topological polar surface area (TPSA) is 95.2 Å². The second-order valence-electron chi connectivity index (χ2n) is 5.69. The van der Waals surface area contributed by atoms with E-state index in [0.717, 1.165) is 10.9 Å². The molecule has 0 spiro atoms. The predicted molar refractivity (Wildman–Crippen MR) is 101 cm³/mol. The van der Waals surface area contributed by atoms with Crippen LogP contribution in [0.15, 0.2) is 53.4 Å². The van der Waals surface area contributed by atoms with Crippen LogP contribution in [0.5, 0.6) is 0 Å². The van der Waals surface area contributed by atoms with Gasteiger partial charge in [0.05, 0.1) is 10.4 Å². The number of rotatable bonds is 6. The number of benzene rings is 2. The number of nitrogens with zero attached hydrogens (tertiary/aromatic N) is 2. The second kappa shape index (κ2) is 7.27. The first kappa shape index (κ1) is 18.1. The second-order valence-corrected chi connectivity index (χ2v) is 7.62. The van der Waals surface area contributed by atoms with E-state index < -0.39 is 10.0 Å². The summed E-state index contributed by atoms with van der Waals surface area (Å²) in [5.74, 6) is -0.359. The fourth-order valence-electron chi connectivity index (χ4n) is 2.75. The SMILES string of the molecule is CCN(CC)S(=O)(=O)c1ccc(NC(=O)c2n[nH]c3ccccc23)cc1. The van der Waals surface area contributed by atoms with Crippen molar-refractivity contribution < 1.29 is 13.2 Å². The molecule has 2 aromatic carbocycles. The lowest BCUT2D eigenvalue weighted by Gasteiger charge is -2.18. The number of aromatic amines is 1. The molecule has 3 aromatic rings. The van der Waals surface area contributed by atoms with Crippen molar-refractivity contribution in [2.24, 2.45) is 0 Å². The molecule has 0 aliphatic carbocycles. The number of nitrogens with one attached hydrogen (secondary N) is 2. The van der Waals surface area contributed by atoms with Crippen LogP contribution >= 0.6 is 0 Å². The lowest BCUT2D eigenvalue weighted by atomic mass is 10.2. The molecule has 8 heteroatoms. The summed E-state index contributed by atoms with van der Waals surface area (Å²) in [6, 6.07) is 13.5. The lowest BCUT2D eigenvalue weighted by Crippen LogP contribution is -2.30. The van der Waals surface area contributed by atoms with E-state index in [1.54, 1.807) is 26.0 Å². The average molecular weight is 372 g/mol. The molecule has 3 rings (SSSR count). The number of hydrogen-bond acceptors (Lipinski definition) is 4. The fourth-order valence-corrected chi connectivity index (χ4v) is 4.21. The summed E-state index contributed by atoms with van der Waals surface area (Å²) in [5.41, 5.74) is 1.57. The summed E-state index contributed by atoms with van der Waals surface area (Å²) in [6.45, 7) is 4.40. The van der Waals surface area contributed by atoms with E-state index in [1.807, 2.05) is 24.3 Å². The highest BCUT2D eigenvalue weighted by Gasteiger charge is 2.21. The molecule has 0 atom stereocenters. The molecule has 1 amide bonds. The minimum Gasteiger partial charge on any atom is -0.321 e. The van der Waals surface area contributed by atoms with Gasteiger partial charge in [0.15, 0.2) is 5.69 Å². The maximum absolute atomic E-state index is 12.5. The number of carbonyl (C=O) groups excluding carboxylic acids is 1. The Morgan fingerprint density at radius 1 is 1.08 bits per heavy atom. The number of hydrogen-bond donors (Lipinski definition) is 2. The van der Waals surface area contributed by atoms with E-state index >= 15 is 0 Å². The molecule has 26 heavy (non-hydrogen) atoms. The Morgan fingerprint density at radius 3 is 2.38 bits per heavy atom. The molecule has 2 N–H and O–H groups in total. The zero-order valence-corrected chi connectivity index (χ0v) is 15.4. The van der Waals surface area contributed by atoms with Gasteiger partial charge in [-0.1, -0.05) is 32.0 Å². The van der Waals surface area contributed by atoms with E-state index in [0.29, 0.717) is 24.5 Å². The molecule has 0 unspecified atom stereocenters. The van der Waals surface area contributed by atoms with Crippen LogP contribution in [0.25, 0.3) is 10.9 Å². The van der Waals surface area contributed by atoms with Crippen LogP contribution in [0.3, 0.4) is 0 Å². The van der Waals surface area contributed by atoms with E-state index in [2.05, 4.69) is 15.5 Å². The minimum atomic E-state index is -3.52. The van der Waals surface area contributed by atoms with Crippen molar-refractivity contribution in [1.82, 2.24) is 14.5 Å². The van der Waals surface area contributed by atoms with Gasteiger partial charge in [0.2, 0.25) is 10.0 Å². The lowest BCUT2D eigenvalue weighted by molar-refractivity contribution is 0.102. The van der Waals surface area contributed by atoms with E-state index in [1.165, 1.54) is 16.4 Å². The Balaban J connectivity index is 1.80. The molecule has 0 saturated heterocycles. The third-order valence-electron chi connectivity index (χ3n) is 4.14. The van der Waals surface area contributed by atoms with Gasteiger partial charge >= 0.3 is 0 Å². The highest BCUT2D eigenvalue weighted by atomic mass is 32.2. The number of para-hydroxylation sites is 1. The largest absolute Gasteiger partial charge is 0.321 e. The van der Waals surface area contributed by atoms with E-state index in [-0.39, 0.29) is 10.8 Å². The highest BCUT2D eigenvalue weighted by molar-refractivity contribution is 7.89. The maximum Gasteiger partial charge on any atom is 0.276 e. The van der Waals surface area contributed by atoms with Crippen molar-refractivity contribution in [3.05, 3.63) is 54.2 Å². The van der Waals surface area contributed by atoms with Crippen LogP contribution in [0.2, 0.25) is 0 Å². The Labute approximate surface area is 152 Å². The first-order valence-electron chi connectivity index (χ1n) is 8.32. The average Bonchev–Trinajstić information content (AvgIpc) is 3.07. The number of amides is 1. The quantitative estimate of drug-likeness (QED) is 0.695. The predicted octanol–water partition coefficient (Wildman–Crippen LogP) is 2.85. The highest BCUT2D eigenvalue weighted by Crippen LogP contribution is 2.20. The molecule has 0 aliphatic rings. The summed E-state index contributed by atoms with van der Waals surface area (Å²) in [6.07, 6.45) is 0. The third kappa shape index (κ3) is 3.33. The van der Waals surface area contributed by atoms with Gasteiger partial charge < -0.3 is 5.32 Å². The summed E-state index contributed by atoms with van der Waals surface area (Å²) in [7, 11) is -3.52. The molecule has 0 radical (unpaired) electrons. The summed E-state index contributed by atoms with van der Waals surface area (Å²) in [4.78, 5) is 12.7. The van der Waals surface area contributed by atoms with Gasteiger partial charge in [-0.2, -0.15) is 9.40 Å². The zero-order valence-electron chi connectivity index (χ0n) is 14.6. The molecule has 0 saturated carbocycles. The maximum atomic E-state index is 12.5. The van der Waals surface area contributed by atoms with Crippen LogP contribution in [0.4, 0.5) is 5.69 Å². The molecule has 0 aliphatic heterocycles. The standard InChI is InChI=1S/C18H20N4O3S/c1-3-22(4-2)26(24,25)14-11-9-13(10-12-14)19-18(23)17-15-7-5-6-8-16(15)20-21-17/h5-12H,3-4H2,1-2H3,(H,19,23)(H,20,21).